The summed E-state index contributed by atoms with van der Waals surface area (Å²) in [5.74, 6) is -5.38. The zero-order chi connectivity index (χ0) is 39.2. The number of phenols is 1. The van der Waals surface area contributed by atoms with Crippen molar-refractivity contribution in [3.63, 3.8) is 0 Å². The van der Waals surface area contributed by atoms with E-state index in [9.17, 15) is 44.1 Å². The van der Waals surface area contributed by atoms with Gasteiger partial charge < -0.3 is 35.5 Å². The number of aldehydes is 1. The van der Waals surface area contributed by atoms with Crippen LogP contribution >= 0.6 is 0 Å². The van der Waals surface area contributed by atoms with Gasteiger partial charge in [0.1, 0.15) is 42.0 Å². The molecule has 8 atom stereocenters. The van der Waals surface area contributed by atoms with Crippen molar-refractivity contribution < 1.29 is 48.8 Å². The zero-order valence-corrected chi connectivity index (χ0v) is 31.1. The molecule has 2 bridgehead atoms. The molecule has 0 radical (unpaired) electrons. The van der Waals surface area contributed by atoms with E-state index >= 15 is 0 Å². The Hall–Kier alpha value is -4.66. The van der Waals surface area contributed by atoms with E-state index in [1.165, 1.54) is 36.2 Å². The molecule has 290 valence electrons. The number of hydrazine groups is 1. The maximum Gasteiger partial charge on any atom is 0.325 e. The first-order valence-electron chi connectivity index (χ1n) is 18.1. The van der Waals surface area contributed by atoms with Gasteiger partial charge in [-0.1, -0.05) is 57.2 Å². The van der Waals surface area contributed by atoms with Gasteiger partial charge in [-0.3, -0.25) is 29.0 Å². The van der Waals surface area contributed by atoms with Crippen molar-refractivity contribution in [2.24, 2.45) is 17.8 Å². The molecule has 0 aromatic heterocycles. The molecule has 3 amide bonds. The molecule has 1 fully saturated rings. The Balaban J connectivity index is 2.07. The molecule has 14 nitrogen and oxygen atoms in total. The average Bonchev–Trinajstić information content (AvgIpc) is 3.11. The number of allylic oxidation sites excluding steroid dienone is 3. The second-order valence-corrected chi connectivity index (χ2v) is 14.2. The normalized spacial score (nSPS) is 29.9. The highest BCUT2D eigenvalue weighted by Gasteiger charge is 2.38. The topological polar surface area (TPSA) is 212 Å². The van der Waals surface area contributed by atoms with Crippen molar-refractivity contribution in [2.45, 2.75) is 110 Å². The van der Waals surface area contributed by atoms with Crippen molar-refractivity contribution in [1.29, 1.82) is 0 Å². The van der Waals surface area contributed by atoms with E-state index in [1.54, 1.807) is 58.1 Å². The minimum Gasteiger partial charge on any atom is -0.508 e. The van der Waals surface area contributed by atoms with Crippen molar-refractivity contribution in [3.05, 3.63) is 65.8 Å². The van der Waals surface area contributed by atoms with Crippen molar-refractivity contribution in [1.82, 2.24) is 21.1 Å². The number of amides is 3. The molecule has 1 saturated heterocycles. The number of ketones is 1. The Morgan fingerprint density at radius 2 is 1.81 bits per heavy atom. The highest BCUT2D eigenvalue weighted by atomic mass is 16.5. The maximum atomic E-state index is 14.1. The fourth-order valence-electron chi connectivity index (χ4n) is 6.26. The summed E-state index contributed by atoms with van der Waals surface area (Å²) in [6.07, 6.45) is 5.56. The lowest BCUT2D eigenvalue weighted by atomic mass is 9.84. The van der Waals surface area contributed by atoms with Crippen LogP contribution in [0, 0.1) is 17.8 Å². The van der Waals surface area contributed by atoms with E-state index in [0.29, 0.717) is 30.3 Å². The molecule has 2 heterocycles. The van der Waals surface area contributed by atoms with Gasteiger partial charge in [-0.25, -0.2) is 5.43 Å². The van der Waals surface area contributed by atoms with Gasteiger partial charge in [0.25, 0.3) is 5.91 Å². The van der Waals surface area contributed by atoms with Crippen LogP contribution in [-0.2, 0) is 39.9 Å². The van der Waals surface area contributed by atoms with Gasteiger partial charge >= 0.3 is 5.97 Å². The SMILES string of the molecule is CC(=O)CCC1C(=O)NC(C(C)C)C(=O)NC(Cc2cccc(O)c2)C(=O)N2CCCC(N2)C(=O)O[C@H](/C(C)=C/C=O)C/C=C/C=C/[C@H](O)C(C)C1O. The third kappa shape index (κ3) is 12.8. The smallest absolute Gasteiger partial charge is 0.325 e. The van der Waals surface area contributed by atoms with Gasteiger partial charge in [-0.15, -0.1) is 0 Å². The van der Waals surface area contributed by atoms with E-state index in [0.717, 1.165) is 0 Å². The Kier molecular flexibility index (Phi) is 16.6. The van der Waals surface area contributed by atoms with Crippen LogP contribution < -0.4 is 16.1 Å². The van der Waals surface area contributed by atoms with Gasteiger partial charge in [0.15, 0.2) is 0 Å². The zero-order valence-electron chi connectivity index (χ0n) is 31.1. The molecule has 6 N–H and O–H groups in total. The molecule has 0 aliphatic carbocycles. The number of ether oxygens (including phenoxy) is 1. The number of nitrogens with one attached hydrogen (secondary N) is 3. The first-order valence-corrected chi connectivity index (χ1v) is 18.1. The summed E-state index contributed by atoms with van der Waals surface area (Å²) in [5.41, 5.74) is 3.96. The number of aliphatic hydroxyl groups is 2. The lowest BCUT2D eigenvalue weighted by Crippen LogP contribution is -2.62. The summed E-state index contributed by atoms with van der Waals surface area (Å²) in [7, 11) is 0. The number of rotatable bonds is 8. The third-order valence-corrected chi connectivity index (χ3v) is 9.59. The lowest BCUT2D eigenvalue weighted by molar-refractivity contribution is -0.156. The van der Waals surface area contributed by atoms with E-state index in [-0.39, 0.29) is 43.8 Å². The van der Waals surface area contributed by atoms with Crippen LogP contribution in [0.3, 0.4) is 0 Å². The van der Waals surface area contributed by atoms with Crippen LogP contribution in [0.25, 0.3) is 0 Å². The predicted octanol–water partition coefficient (Wildman–Crippen LogP) is 1.97. The monoisotopic (exact) mass is 738 g/mol. The van der Waals surface area contributed by atoms with Crippen LogP contribution in [0.4, 0.5) is 0 Å². The molecule has 2 aliphatic rings. The van der Waals surface area contributed by atoms with Crippen molar-refractivity contribution in [2.75, 3.05) is 6.54 Å². The van der Waals surface area contributed by atoms with E-state index in [2.05, 4.69) is 16.1 Å². The number of carbonyl (C=O) groups excluding carboxylic acids is 6. The van der Waals surface area contributed by atoms with Gasteiger partial charge in [0.2, 0.25) is 11.8 Å². The number of hydrogen-bond acceptors (Lipinski definition) is 11. The molecule has 1 aromatic carbocycles. The number of hydrogen-bond donors (Lipinski definition) is 6. The molecule has 3 rings (SSSR count). The minimum atomic E-state index is -1.41. The fourth-order valence-corrected chi connectivity index (χ4v) is 6.26. The number of cyclic esters (lactones) is 1. The van der Waals surface area contributed by atoms with E-state index < -0.39 is 77.9 Å². The standard InChI is InChI=1S/C39H54N4O10/c1-23(2)34-37(50)40-31(22-27-11-9-12-28(46)21-27)38(51)43-19-10-13-30(42-43)39(52)53-33(24(3)18-20-44)15-8-6-7-14-32(47)26(5)35(48)29(36(49)41-34)17-16-25(4)45/h6-9,11-12,14,18,20-21,23,26,29-35,42,46-48H,10,13,15-17,19,22H2,1-5H3,(H,40,50)(H,41,49)/b8-6+,14-7+,24-18+/t26?,29?,30?,31?,32-,33-,34?,35?/m0/s1. The largest absolute Gasteiger partial charge is 0.508 e. The number of aliphatic hydroxyl groups excluding tert-OH is 2. The summed E-state index contributed by atoms with van der Waals surface area (Å²) in [4.78, 5) is 78.6. The van der Waals surface area contributed by atoms with Crippen LogP contribution in [0.2, 0.25) is 0 Å². The molecule has 6 unspecified atom stereocenters. The first kappa shape index (κ1) is 42.8. The molecule has 0 saturated carbocycles. The lowest BCUT2D eigenvalue weighted by Gasteiger charge is -2.36. The number of benzene rings is 1. The van der Waals surface area contributed by atoms with Gasteiger partial charge in [-0.2, -0.15) is 0 Å². The number of nitrogens with zero attached hydrogens (tertiary/aromatic N) is 1. The third-order valence-electron chi connectivity index (χ3n) is 9.59. The summed E-state index contributed by atoms with van der Waals surface area (Å²) >= 11 is 0. The summed E-state index contributed by atoms with van der Waals surface area (Å²) in [5, 5.41) is 39.2. The quantitative estimate of drug-likeness (QED) is 0.129. The Labute approximate surface area is 310 Å². The molecule has 2 aliphatic heterocycles. The van der Waals surface area contributed by atoms with Crippen LogP contribution in [-0.4, -0.2) is 99.1 Å². The summed E-state index contributed by atoms with van der Waals surface area (Å²) in [6.45, 7) is 8.19. The summed E-state index contributed by atoms with van der Waals surface area (Å²) < 4.78 is 5.82. The van der Waals surface area contributed by atoms with Crippen molar-refractivity contribution >= 4 is 35.8 Å². The van der Waals surface area contributed by atoms with Crippen LogP contribution in [0.15, 0.2) is 60.2 Å². The number of carbonyl (C=O) groups is 6. The van der Waals surface area contributed by atoms with Crippen molar-refractivity contribution in [3.8, 4) is 5.75 Å². The molecule has 53 heavy (non-hydrogen) atoms. The number of Topliss-reactive ketones (excluding diaryl/α,β-unsaturated/α-hetero) is 1. The fraction of sp³-hybridized carbons (Fsp3) is 0.538. The Morgan fingerprint density at radius 3 is 2.47 bits per heavy atom. The molecule has 0 spiro atoms. The summed E-state index contributed by atoms with van der Waals surface area (Å²) in [6, 6.07) is 2.91. The van der Waals surface area contributed by atoms with Gasteiger partial charge in [0, 0.05) is 31.7 Å². The number of aromatic hydroxyl groups is 1. The number of phenolic OH excluding ortho intramolecular Hbond substituents is 1. The van der Waals surface area contributed by atoms with E-state index in [1.807, 2.05) is 0 Å². The van der Waals surface area contributed by atoms with Gasteiger partial charge in [-0.05, 0) is 68.4 Å². The maximum absolute atomic E-state index is 14.1. The van der Waals surface area contributed by atoms with Crippen LogP contribution in [0.1, 0.15) is 72.3 Å². The Bertz CT molecular complexity index is 1560. The second kappa shape index (κ2) is 20.5. The molecular formula is C39H54N4O10. The van der Waals surface area contributed by atoms with E-state index in [4.69, 9.17) is 4.74 Å². The highest BCUT2D eigenvalue weighted by molar-refractivity contribution is 5.93. The first-order chi connectivity index (χ1) is 25.1. The second-order valence-electron chi connectivity index (χ2n) is 14.2. The Morgan fingerprint density at radius 1 is 1.08 bits per heavy atom. The number of fused-ring (bicyclic) bond motifs is 2. The number of esters is 1. The van der Waals surface area contributed by atoms with Gasteiger partial charge in [0.05, 0.1) is 18.1 Å². The molecule has 14 heteroatoms. The average molecular weight is 739 g/mol. The van der Waals surface area contributed by atoms with Crippen LogP contribution in [0.5, 0.6) is 5.75 Å². The highest BCUT2D eigenvalue weighted by Crippen LogP contribution is 2.24. The minimum absolute atomic E-state index is 0.0247. The molecule has 1 aromatic rings. The predicted molar refractivity (Wildman–Crippen MR) is 196 cm³/mol. The molecular weight excluding hydrogens is 684 g/mol.